The van der Waals surface area contributed by atoms with Crippen LogP contribution in [0.1, 0.15) is 12.5 Å². The number of nitrogens with two attached hydrogens (primary N) is 1. The highest BCUT2D eigenvalue weighted by Crippen LogP contribution is 2.32. The number of fused-ring (bicyclic) bond motifs is 1. The topological polar surface area (TPSA) is 83.6 Å². The lowest BCUT2D eigenvalue weighted by molar-refractivity contribution is -0.140. The predicted molar refractivity (Wildman–Crippen MR) is 62.7 cm³/mol. The Hall–Kier alpha value is -1.88. The monoisotopic (exact) mass is 234 g/mol. The number of hydrogen-bond acceptors (Lipinski definition) is 3. The molecule has 1 amide bonds. The van der Waals surface area contributed by atoms with E-state index in [-0.39, 0.29) is 5.91 Å². The number of benzene rings is 1. The van der Waals surface area contributed by atoms with E-state index in [1.54, 1.807) is 19.1 Å². The Labute approximate surface area is 98.8 Å². The van der Waals surface area contributed by atoms with E-state index in [9.17, 15) is 9.59 Å². The summed E-state index contributed by atoms with van der Waals surface area (Å²) in [5, 5.41) is 9.15. The Morgan fingerprint density at radius 3 is 2.71 bits per heavy atom. The first kappa shape index (κ1) is 11.6. The van der Waals surface area contributed by atoms with Crippen LogP contribution >= 0.6 is 0 Å². The fraction of sp³-hybridized carbons (Fsp3) is 0.333. The van der Waals surface area contributed by atoms with Crippen molar-refractivity contribution in [3.05, 3.63) is 29.8 Å². The van der Waals surface area contributed by atoms with Crippen molar-refractivity contribution in [1.29, 1.82) is 0 Å². The van der Waals surface area contributed by atoms with Gasteiger partial charge in [-0.25, -0.2) is 4.79 Å². The maximum absolute atomic E-state index is 12.0. The van der Waals surface area contributed by atoms with Crippen molar-refractivity contribution >= 4 is 17.6 Å². The molecule has 2 rings (SSSR count). The fourth-order valence-corrected chi connectivity index (χ4v) is 2.08. The Morgan fingerprint density at radius 2 is 2.12 bits per heavy atom. The van der Waals surface area contributed by atoms with Gasteiger partial charge in [0.1, 0.15) is 6.04 Å². The first-order valence-electron chi connectivity index (χ1n) is 5.41. The van der Waals surface area contributed by atoms with E-state index >= 15 is 0 Å². The average Bonchev–Trinajstić information content (AvgIpc) is 2.67. The summed E-state index contributed by atoms with van der Waals surface area (Å²) in [6.07, 6.45) is 0.337. The molecule has 0 aliphatic carbocycles. The van der Waals surface area contributed by atoms with Gasteiger partial charge in [0.05, 0.1) is 6.04 Å². The second-order valence-electron chi connectivity index (χ2n) is 4.18. The minimum Gasteiger partial charge on any atom is -0.480 e. The van der Waals surface area contributed by atoms with Gasteiger partial charge in [0.25, 0.3) is 0 Å². The maximum atomic E-state index is 12.0. The normalized spacial score (nSPS) is 19.9. The summed E-state index contributed by atoms with van der Waals surface area (Å²) in [6.45, 7) is 1.56. The van der Waals surface area contributed by atoms with E-state index < -0.39 is 18.1 Å². The molecular formula is C12H14N2O3. The van der Waals surface area contributed by atoms with Crippen LogP contribution in [0.4, 0.5) is 5.69 Å². The van der Waals surface area contributed by atoms with Crippen LogP contribution in [-0.4, -0.2) is 29.1 Å². The van der Waals surface area contributed by atoms with Crippen molar-refractivity contribution < 1.29 is 14.7 Å². The van der Waals surface area contributed by atoms with E-state index in [1.807, 2.05) is 12.1 Å². The minimum absolute atomic E-state index is 0.337. The zero-order valence-corrected chi connectivity index (χ0v) is 9.46. The summed E-state index contributed by atoms with van der Waals surface area (Å²) in [4.78, 5) is 24.4. The largest absolute Gasteiger partial charge is 0.480 e. The minimum atomic E-state index is -1.00. The predicted octanol–water partition coefficient (Wildman–Crippen LogP) is 0.376. The second-order valence-corrected chi connectivity index (χ2v) is 4.18. The van der Waals surface area contributed by atoms with Crippen LogP contribution in [0, 0.1) is 0 Å². The molecule has 90 valence electrons. The van der Waals surface area contributed by atoms with Gasteiger partial charge in [0.15, 0.2) is 0 Å². The van der Waals surface area contributed by atoms with Gasteiger partial charge in [-0.3, -0.25) is 9.69 Å². The van der Waals surface area contributed by atoms with E-state index in [1.165, 1.54) is 4.90 Å². The van der Waals surface area contributed by atoms with Crippen LogP contribution < -0.4 is 10.6 Å². The molecule has 1 heterocycles. The highest BCUT2D eigenvalue weighted by Gasteiger charge is 2.38. The van der Waals surface area contributed by atoms with E-state index in [4.69, 9.17) is 10.8 Å². The van der Waals surface area contributed by atoms with Gasteiger partial charge in [0.2, 0.25) is 5.91 Å². The first-order chi connectivity index (χ1) is 8.02. The lowest BCUT2D eigenvalue weighted by Gasteiger charge is -2.24. The number of hydrogen-bond donors (Lipinski definition) is 2. The number of amides is 1. The average molecular weight is 234 g/mol. The van der Waals surface area contributed by atoms with Crippen molar-refractivity contribution in [2.45, 2.75) is 25.4 Å². The number of aliphatic carboxylic acids is 1. The second kappa shape index (κ2) is 4.18. The number of carboxylic acids is 1. The number of rotatable bonds is 2. The number of carbonyl (C=O) groups is 2. The SMILES string of the molecule is CC(N)C(=O)N1c2ccccc2C[C@H]1C(=O)O. The van der Waals surface area contributed by atoms with Gasteiger partial charge in [-0.05, 0) is 18.6 Å². The van der Waals surface area contributed by atoms with Crippen molar-refractivity contribution in [2.75, 3.05) is 4.90 Å². The quantitative estimate of drug-likeness (QED) is 0.774. The third kappa shape index (κ3) is 1.89. The first-order valence-corrected chi connectivity index (χ1v) is 5.41. The van der Waals surface area contributed by atoms with Gasteiger partial charge >= 0.3 is 5.97 Å². The van der Waals surface area contributed by atoms with Crippen molar-refractivity contribution in [2.24, 2.45) is 5.73 Å². The molecule has 1 unspecified atom stereocenters. The molecule has 0 saturated carbocycles. The molecule has 17 heavy (non-hydrogen) atoms. The van der Waals surface area contributed by atoms with Crippen LogP contribution in [0.25, 0.3) is 0 Å². The molecule has 0 spiro atoms. The van der Waals surface area contributed by atoms with E-state index in [0.29, 0.717) is 12.1 Å². The van der Waals surface area contributed by atoms with Gasteiger partial charge in [-0.2, -0.15) is 0 Å². The Morgan fingerprint density at radius 1 is 1.47 bits per heavy atom. The van der Waals surface area contributed by atoms with Crippen LogP contribution in [0.3, 0.4) is 0 Å². The summed E-state index contributed by atoms with van der Waals surface area (Å²) in [6, 6.07) is 5.65. The van der Waals surface area contributed by atoms with E-state index in [2.05, 4.69) is 0 Å². The smallest absolute Gasteiger partial charge is 0.327 e. The zero-order chi connectivity index (χ0) is 12.6. The molecular weight excluding hydrogens is 220 g/mol. The third-order valence-electron chi connectivity index (χ3n) is 2.89. The van der Waals surface area contributed by atoms with Crippen molar-refractivity contribution in [1.82, 2.24) is 0 Å². The number of carboxylic acid groups (broad SMARTS) is 1. The van der Waals surface area contributed by atoms with Crippen molar-refractivity contribution in [3.8, 4) is 0 Å². The Bertz CT molecular complexity index is 471. The standard InChI is InChI=1S/C12H14N2O3/c1-7(13)11(15)14-9-5-3-2-4-8(9)6-10(14)12(16)17/h2-5,7,10H,6,13H2,1H3,(H,16,17)/t7?,10-/m0/s1. The summed E-state index contributed by atoms with van der Waals surface area (Å²) >= 11 is 0. The van der Waals surface area contributed by atoms with Crippen LogP contribution in [0.5, 0.6) is 0 Å². The summed E-state index contributed by atoms with van der Waals surface area (Å²) in [5.41, 5.74) is 7.08. The zero-order valence-electron chi connectivity index (χ0n) is 9.46. The number of para-hydroxylation sites is 1. The summed E-state index contributed by atoms with van der Waals surface area (Å²) < 4.78 is 0. The van der Waals surface area contributed by atoms with E-state index in [0.717, 1.165) is 5.56 Å². The Balaban J connectivity index is 2.44. The molecule has 0 saturated heterocycles. The molecule has 1 aliphatic rings. The lowest BCUT2D eigenvalue weighted by atomic mass is 10.1. The molecule has 5 heteroatoms. The van der Waals surface area contributed by atoms with Gasteiger partial charge < -0.3 is 10.8 Å². The molecule has 2 atom stereocenters. The fourth-order valence-electron chi connectivity index (χ4n) is 2.08. The summed E-state index contributed by atoms with van der Waals surface area (Å²) in [5.74, 6) is -1.36. The molecule has 1 aromatic carbocycles. The number of anilines is 1. The maximum Gasteiger partial charge on any atom is 0.327 e. The number of nitrogens with zero attached hydrogens (tertiary/aromatic N) is 1. The number of carbonyl (C=O) groups excluding carboxylic acids is 1. The van der Waals surface area contributed by atoms with Crippen LogP contribution in [-0.2, 0) is 16.0 Å². The highest BCUT2D eigenvalue weighted by molar-refractivity contribution is 6.04. The van der Waals surface area contributed by atoms with Gasteiger partial charge in [-0.15, -0.1) is 0 Å². The van der Waals surface area contributed by atoms with Crippen LogP contribution in [0.2, 0.25) is 0 Å². The van der Waals surface area contributed by atoms with Crippen LogP contribution in [0.15, 0.2) is 24.3 Å². The third-order valence-corrected chi connectivity index (χ3v) is 2.89. The van der Waals surface area contributed by atoms with Crippen molar-refractivity contribution in [3.63, 3.8) is 0 Å². The van der Waals surface area contributed by atoms with Gasteiger partial charge in [0, 0.05) is 12.1 Å². The highest BCUT2D eigenvalue weighted by atomic mass is 16.4. The van der Waals surface area contributed by atoms with Gasteiger partial charge in [-0.1, -0.05) is 18.2 Å². The molecule has 1 aliphatic heterocycles. The summed E-state index contributed by atoms with van der Waals surface area (Å²) in [7, 11) is 0. The molecule has 0 bridgehead atoms. The molecule has 3 N–H and O–H groups in total. The molecule has 0 fully saturated rings. The molecule has 0 radical (unpaired) electrons. The molecule has 1 aromatic rings. The Kier molecular flexibility index (Phi) is 2.85. The lowest BCUT2D eigenvalue weighted by Crippen LogP contribution is -2.49. The molecule has 5 nitrogen and oxygen atoms in total. The molecule has 0 aromatic heterocycles.